The van der Waals surface area contributed by atoms with Crippen LogP contribution in [0.15, 0.2) is 23.1 Å². The molecule has 25 heavy (non-hydrogen) atoms. The highest BCUT2D eigenvalue weighted by Crippen LogP contribution is 2.18. The first-order valence-corrected chi connectivity index (χ1v) is 11.5. The van der Waals surface area contributed by atoms with Gasteiger partial charge in [0.2, 0.25) is 10.0 Å². The average molecular weight is 388 g/mol. The summed E-state index contributed by atoms with van der Waals surface area (Å²) < 4.78 is 26.4. The number of unbranched alkanes of at least 4 members (excludes halogenated alkanes) is 6. The summed E-state index contributed by atoms with van der Waals surface area (Å²) in [5.74, 6) is 0.0472. The van der Waals surface area contributed by atoms with Crippen molar-refractivity contribution in [1.82, 2.24) is 4.72 Å². The molecule has 0 saturated heterocycles. The smallest absolute Gasteiger partial charge is 0.211 e. The maximum atomic E-state index is 11.9. The highest BCUT2D eigenvalue weighted by Gasteiger charge is 2.10. The van der Waals surface area contributed by atoms with E-state index in [0.717, 1.165) is 16.9 Å². The number of nitrogens with one attached hydrogen (secondary N) is 1. The Hall–Kier alpha value is -0.560. The molecule has 0 aliphatic carbocycles. The number of aliphatic hydroxyl groups is 1. The van der Waals surface area contributed by atoms with Gasteiger partial charge in [-0.15, -0.1) is 12.6 Å². The van der Waals surface area contributed by atoms with Crippen molar-refractivity contribution in [2.75, 3.05) is 12.4 Å². The molecule has 0 aromatic heterocycles. The van der Waals surface area contributed by atoms with Crippen molar-refractivity contribution in [3.05, 3.63) is 29.3 Å². The molecule has 1 aromatic rings. The largest absolute Gasteiger partial charge is 0.396 e. The fourth-order valence-electron chi connectivity index (χ4n) is 2.69. The molecule has 6 heteroatoms. The van der Waals surface area contributed by atoms with Crippen LogP contribution in [0.25, 0.3) is 0 Å². The summed E-state index contributed by atoms with van der Waals surface area (Å²) in [7, 11) is -3.30. The predicted octanol–water partition coefficient (Wildman–Crippen LogP) is 4.07. The van der Waals surface area contributed by atoms with Crippen molar-refractivity contribution < 1.29 is 13.5 Å². The molecule has 0 bridgehead atoms. The molecule has 0 aliphatic rings. The highest BCUT2D eigenvalue weighted by atomic mass is 32.2. The molecule has 1 rings (SSSR count). The van der Waals surface area contributed by atoms with Crippen LogP contribution in [0.4, 0.5) is 0 Å². The minimum Gasteiger partial charge on any atom is -0.396 e. The quantitative estimate of drug-likeness (QED) is 0.333. The van der Waals surface area contributed by atoms with E-state index in [0.29, 0.717) is 12.8 Å². The molecule has 0 fully saturated rings. The van der Waals surface area contributed by atoms with Crippen LogP contribution in [0.1, 0.15) is 69.4 Å². The van der Waals surface area contributed by atoms with Gasteiger partial charge in [0.25, 0.3) is 0 Å². The van der Waals surface area contributed by atoms with E-state index in [-0.39, 0.29) is 18.9 Å². The Morgan fingerprint density at radius 3 is 2.44 bits per heavy atom. The molecule has 0 radical (unpaired) electrons. The van der Waals surface area contributed by atoms with E-state index in [9.17, 15) is 8.42 Å². The van der Waals surface area contributed by atoms with Crippen LogP contribution >= 0.6 is 12.6 Å². The van der Waals surface area contributed by atoms with Gasteiger partial charge in [-0.3, -0.25) is 0 Å². The van der Waals surface area contributed by atoms with Gasteiger partial charge in [-0.1, -0.05) is 51.2 Å². The van der Waals surface area contributed by atoms with E-state index >= 15 is 0 Å². The van der Waals surface area contributed by atoms with Gasteiger partial charge >= 0.3 is 0 Å². The van der Waals surface area contributed by atoms with Gasteiger partial charge in [0.05, 0.1) is 5.75 Å². The normalized spacial score (nSPS) is 11.8. The van der Waals surface area contributed by atoms with E-state index in [1.165, 1.54) is 44.1 Å². The van der Waals surface area contributed by atoms with Gasteiger partial charge in [-0.05, 0) is 42.9 Å². The summed E-state index contributed by atoms with van der Waals surface area (Å²) in [6.45, 7) is 2.51. The maximum absolute atomic E-state index is 11.9. The topological polar surface area (TPSA) is 66.4 Å². The zero-order valence-corrected chi connectivity index (χ0v) is 17.0. The van der Waals surface area contributed by atoms with Crippen molar-refractivity contribution >= 4 is 22.7 Å². The number of aliphatic hydroxyl groups excluding tert-OH is 1. The summed E-state index contributed by atoms with van der Waals surface area (Å²) in [5, 5.41) is 8.72. The van der Waals surface area contributed by atoms with E-state index in [4.69, 9.17) is 5.11 Å². The number of sulfonamides is 1. The number of hydrogen-bond donors (Lipinski definition) is 3. The second-order valence-electron chi connectivity index (χ2n) is 6.55. The molecule has 0 atom stereocenters. The van der Waals surface area contributed by atoms with Gasteiger partial charge < -0.3 is 5.11 Å². The summed E-state index contributed by atoms with van der Waals surface area (Å²) in [6, 6.07) is 6.08. The standard InChI is InChI=1S/C19H33NO3S2/c1-2-3-4-5-6-7-10-17-11-12-18(19(24)15-17)16-20-25(22,23)14-9-8-13-21/h11-12,15,20-21,24H,2-10,13-14,16H2,1H3. The summed E-state index contributed by atoms with van der Waals surface area (Å²) in [4.78, 5) is 0.835. The number of benzene rings is 1. The van der Waals surface area contributed by atoms with Crippen LogP contribution in [0, 0.1) is 0 Å². The van der Waals surface area contributed by atoms with Crippen LogP contribution in [0.5, 0.6) is 0 Å². The lowest BCUT2D eigenvalue weighted by atomic mass is 10.0. The summed E-state index contributed by atoms with van der Waals surface area (Å²) in [5.41, 5.74) is 2.15. The Kier molecular flexibility index (Phi) is 11.5. The van der Waals surface area contributed by atoms with E-state index < -0.39 is 10.0 Å². The van der Waals surface area contributed by atoms with E-state index in [2.05, 4.69) is 30.3 Å². The molecule has 0 heterocycles. The molecule has 0 aliphatic heterocycles. The molecule has 4 nitrogen and oxygen atoms in total. The van der Waals surface area contributed by atoms with E-state index in [1.807, 2.05) is 12.1 Å². The van der Waals surface area contributed by atoms with Gasteiger partial charge in [-0.25, -0.2) is 13.1 Å². The van der Waals surface area contributed by atoms with Crippen molar-refractivity contribution in [1.29, 1.82) is 0 Å². The minimum absolute atomic E-state index is 0.0242. The fourth-order valence-corrected chi connectivity index (χ4v) is 4.11. The van der Waals surface area contributed by atoms with Crippen molar-refractivity contribution in [3.63, 3.8) is 0 Å². The van der Waals surface area contributed by atoms with Crippen LogP contribution in [-0.4, -0.2) is 25.9 Å². The number of hydrogen-bond acceptors (Lipinski definition) is 4. The number of rotatable bonds is 14. The minimum atomic E-state index is -3.30. The molecular weight excluding hydrogens is 354 g/mol. The molecule has 0 amide bonds. The molecule has 144 valence electrons. The Morgan fingerprint density at radius 1 is 1.04 bits per heavy atom. The zero-order valence-electron chi connectivity index (χ0n) is 15.3. The number of thiol groups is 1. The van der Waals surface area contributed by atoms with Crippen molar-refractivity contribution in [2.24, 2.45) is 0 Å². The Balaban J connectivity index is 2.39. The second-order valence-corrected chi connectivity index (χ2v) is 8.96. The Morgan fingerprint density at radius 2 is 1.76 bits per heavy atom. The average Bonchev–Trinajstić information content (AvgIpc) is 2.57. The third-order valence-electron chi connectivity index (χ3n) is 4.27. The second kappa shape index (κ2) is 12.7. The lowest BCUT2D eigenvalue weighted by Gasteiger charge is -2.10. The predicted molar refractivity (Wildman–Crippen MR) is 108 cm³/mol. The van der Waals surface area contributed by atoms with Crippen LogP contribution in [0.3, 0.4) is 0 Å². The molecule has 0 spiro atoms. The SMILES string of the molecule is CCCCCCCCc1ccc(CNS(=O)(=O)CCCCO)c(S)c1. The molecule has 0 unspecified atom stereocenters. The molecule has 2 N–H and O–H groups in total. The maximum Gasteiger partial charge on any atom is 0.211 e. The lowest BCUT2D eigenvalue weighted by Crippen LogP contribution is -2.26. The Bertz CT molecular complexity index is 588. The fraction of sp³-hybridized carbons (Fsp3) is 0.684. The van der Waals surface area contributed by atoms with Gasteiger partial charge in [0.15, 0.2) is 0 Å². The lowest BCUT2D eigenvalue weighted by molar-refractivity contribution is 0.287. The van der Waals surface area contributed by atoms with Gasteiger partial charge in [0.1, 0.15) is 0 Å². The monoisotopic (exact) mass is 387 g/mol. The Labute approximate surface area is 158 Å². The third-order valence-corrected chi connectivity index (χ3v) is 6.10. The summed E-state index contributed by atoms with van der Waals surface area (Å²) in [6.07, 6.45) is 9.70. The first-order chi connectivity index (χ1) is 12.0. The van der Waals surface area contributed by atoms with Crippen molar-refractivity contribution in [3.8, 4) is 0 Å². The molecule has 1 aromatic carbocycles. The van der Waals surface area contributed by atoms with Crippen LogP contribution < -0.4 is 4.72 Å². The van der Waals surface area contributed by atoms with Gasteiger partial charge in [0, 0.05) is 18.0 Å². The van der Waals surface area contributed by atoms with E-state index in [1.54, 1.807) is 0 Å². The first-order valence-electron chi connectivity index (χ1n) is 9.37. The van der Waals surface area contributed by atoms with Crippen LogP contribution in [0.2, 0.25) is 0 Å². The first kappa shape index (κ1) is 22.5. The summed E-state index contributed by atoms with van der Waals surface area (Å²) >= 11 is 4.51. The van der Waals surface area contributed by atoms with Gasteiger partial charge in [-0.2, -0.15) is 0 Å². The van der Waals surface area contributed by atoms with Crippen molar-refractivity contribution in [2.45, 2.75) is 76.2 Å². The molecular formula is C19H33NO3S2. The van der Waals surface area contributed by atoms with Crippen LogP contribution in [-0.2, 0) is 23.0 Å². The third kappa shape index (κ3) is 10.2. The number of aryl methyl sites for hydroxylation is 1. The molecule has 0 saturated carbocycles. The highest BCUT2D eigenvalue weighted by molar-refractivity contribution is 7.89. The zero-order chi connectivity index (χ0) is 18.5.